The van der Waals surface area contributed by atoms with E-state index in [2.05, 4.69) is 34.3 Å². The maximum atomic E-state index is 11.8. The lowest BCUT2D eigenvalue weighted by Crippen LogP contribution is -2.25. The van der Waals surface area contributed by atoms with Gasteiger partial charge in [0.25, 0.3) is 0 Å². The number of fused-ring (bicyclic) bond motifs is 1. The Labute approximate surface area is 129 Å². The van der Waals surface area contributed by atoms with E-state index in [-0.39, 0.29) is 5.91 Å². The Balaban J connectivity index is 1.52. The maximum absolute atomic E-state index is 11.8. The number of nitrogens with one attached hydrogen (secondary N) is 1. The van der Waals surface area contributed by atoms with E-state index in [4.69, 9.17) is 0 Å². The second-order valence-corrected chi connectivity index (χ2v) is 5.10. The van der Waals surface area contributed by atoms with Crippen molar-refractivity contribution in [3.8, 4) is 0 Å². The van der Waals surface area contributed by atoms with Gasteiger partial charge in [0.1, 0.15) is 0 Å². The van der Waals surface area contributed by atoms with Crippen LogP contribution in [0.25, 0.3) is 17.0 Å². The van der Waals surface area contributed by atoms with E-state index in [1.807, 2.05) is 48.5 Å². The predicted octanol–water partition coefficient (Wildman–Crippen LogP) is 3.47. The average Bonchev–Trinajstić information content (AvgIpc) is 2.97. The molecule has 3 aromatic rings. The minimum atomic E-state index is -0.0692. The molecular weight excluding hydrogens is 272 g/mol. The summed E-state index contributed by atoms with van der Waals surface area (Å²) in [5, 5.41) is 4.13. The smallest absolute Gasteiger partial charge is 0.244 e. The van der Waals surface area contributed by atoms with Crippen LogP contribution < -0.4 is 5.32 Å². The van der Waals surface area contributed by atoms with Crippen LogP contribution in [0, 0.1) is 0 Å². The molecule has 0 aliphatic carbocycles. The van der Waals surface area contributed by atoms with Crippen LogP contribution in [0.3, 0.4) is 0 Å². The molecule has 1 N–H and O–H groups in total. The van der Waals surface area contributed by atoms with E-state index in [0.717, 1.165) is 12.1 Å². The third-order valence-electron chi connectivity index (χ3n) is 3.56. The molecule has 0 aliphatic heterocycles. The van der Waals surface area contributed by atoms with Crippen LogP contribution in [0.2, 0.25) is 0 Å². The van der Waals surface area contributed by atoms with Crippen molar-refractivity contribution in [2.24, 2.45) is 0 Å². The summed E-state index contributed by atoms with van der Waals surface area (Å²) < 4.78 is 2.15. The first-order valence-corrected chi connectivity index (χ1v) is 7.38. The van der Waals surface area contributed by atoms with E-state index in [1.54, 1.807) is 6.08 Å². The molecule has 0 atom stereocenters. The summed E-state index contributed by atoms with van der Waals surface area (Å²) in [6.45, 7) is 1.37. The summed E-state index contributed by atoms with van der Waals surface area (Å²) >= 11 is 0. The molecule has 0 saturated heterocycles. The second kappa shape index (κ2) is 6.76. The van der Waals surface area contributed by atoms with Crippen molar-refractivity contribution < 1.29 is 4.79 Å². The molecule has 0 saturated carbocycles. The predicted molar refractivity (Wildman–Crippen MR) is 90.4 cm³/mol. The first kappa shape index (κ1) is 14.1. The van der Waals surface area contributed by atoms with Gasteiger partial charge in [-0.3, -0.25) is 4.79 Å². The number of amides is 1. The van der Waals surface area contributed by atoms with Gasteiger partial charge in [-0.25, -0.2) is 0 Å². The summed E-state index contributed by atoms with van der Waals surface area (Å²) in [5.41, 5.74) is 2.21. The zero-order valence-electron chi connectivity index (χ0n) is 12.3. The van der Waals surface area contributed by atoms with E-state index in [0.29, 0.717) is 6.54 Å². The van der Waals surface area contributed by atoms with Gasteiger partial charge in [0, 0.05) is 30.9 Å². The summed E-state index contributed by atoms with van der Waals surface area (Å²) in [6, 6.07) is 20.1. The minimum Gasteiger partial charge on any atom is -0.351 e. The molecule has 3 nitrogen and oxygen atoms in total. The lowest BCUT2D eigenvalue weighted by atomic mass is 10.2. The van der Waals surface area contributed by atoms with Crippen molar-refractivity contribution in [2.45, 2.75) is 6.54 Å². The SMILES string of the molecule is O=C(/C=C/c1ccccc1)NCCn1ccc2ccccc21. The van der Waals surface area contributed by atoms with E-state index >= 15 is 0 Å². The molecule has 1 amide bonds. The molecule has 0 fully saturated rings. The number of carbonyl (C=O) groups excluding carboxylic acids is 1. The van der Waals surface area contributed by atoms with Gasteiger partial charge in [-0.1, -0.05) is 48.5 Å². The molecule has 110 valence electrons. The van der Waals surface area contributed by atoms with Crippen molar-refractivity contribution in [3.63, 3.8) is 0 Å². The molecule has 2 aromatic carbocycles. The Kier molecular flexibility index (Phi) is 4.35. The standard InChI is InChI=1S/C19H18N2O/c22-19(11-10-16-6-2-1-3-7-16)20-13-15-21-14-12-17-8-4-5-9-18(17)21/h1-12,14H,13,15H2,(H,20,22)/b11-10+. The van der Waals surface area contributed by atoms with Gasteiger partial charge in [0.15, 0.2) is 0 Å². The highest BCUT2D eigenvalue weighted by Crippen LogP contribution is 2.14. The summed E-state index contributed by atoms with van der Waals surface area (Å²) in [7, 11) is 0. The fourth-order valence-corrected chi connectivity index (χ4v) is 2.43. The normalized spacial score (nSPS) is 11.1. The molecule has 0 aliphatic rings. The fraction of sp³-hybridized carbons (Fsp3) is 0.105. The number of carbonyl (C=O) groups is 1. The first-order chi connectivity index (χ1) is 10.8. The van der Waals surface area contributed by atoms with E-state index in [9.17, 15) is 4.79 Å². The summed E-state index contributed by atoms with van der Waals surface area (Å²) in [4.78, 5) is 11.8. The molecule has 1 aromatic heterocycles. The van der Waals surface area contributed by atoms with Crippen LogP contribution in [0.4, 0.5) is 0 Å². The Bertz CT molecular complexity index is 787. The average molecular weight is 290 g/mol. The van der Waals surface area contributed by atoms with Crippen molar-refractivity contribution in [2.75, 3.05) is 6.54 Å². The Morgan fingerprint density at radius 3 is 2.64 bits per heavy atom. The van der Waals surface area contributed by atoms with Crippen LogP contribution in [-0.2, 0) is 11.3 Å². The monoisotopic (exact) mass is 290 g/mol. The number of para-hydroxylation sites is 1. The van der Waals surface area contributed by atoms with Crippen LogP contribution in [0.1, 0.15) is 5.56 Å². The number of hydrogen-bond donors (Lipinski definition) is 1. The third-order valence-corrected chi connectivity index (χ3v) is 3.56. The van der Waals surface area contributed by atoms with Gasteiger partial charge in [-0.05, 0) is 29.2 Å². The Morgan fingerprint density at radius 1 is 1.00 bits per heavy atom. The zero-order valence-corrected chi connectivity index (χ0v) is 12.3. The Hall–Kier alpha value is -2.81. The topological polar surface area (TPSA) is 34.0 Å². The molecule has 0 unspecified atom stereocenters. The van der Waals surface area contributed by atoms with Gasteiger partial charge in [-0.15, -0.1) is 0 Å². The highest BCUT2D eigenvalue weighted by atomic mass is 16.1. The van der Waals surface area contributed by atoms with Crippen molar-refractivity contribution in [3.05, 3.63) is 78.5 Å². The second-order valence-electron chi connectivity index (χ2n) is 5.10. The number of hydrogen-bond acceptors (Lipinski definition) is 1. The van der Waals surface area contributed by atoms with Gasteiger partial charge < -0.3 is 9.88 Å². The molecule has 22 heavy (non-hydrogen) atoms. The molecule has 0 radical (unpaired) electrons. The van der Waals surface area contributed by atoms with Crippen molar-refractivity contribution >= 4 is 22.9 Å². The van der Waals surface area contributed by atoms with Crippen LogP contribution in [0.5, 0.6) is 0 Å². The van der Waals surface area contributed by atoms with Gasteiger partial charge in [0.05, 0.1) is 0 Å². The van der Waals surface area contributed by atoms with Gasteiger partial charge in [-0.2, -0.15) is 0 Å². The largest absolute Gasteiger partial charge is 0.351 e. The third kappa shape index (κ3) is 3.44. The maximum Gasteiger partial charge on any atom is 0.244 e. The summed E-state index contributed by atoms with van der Waals surface area (Å²) in [5.74, 6) is -0.0692. The first-order valence-electron chi connectivity index (χ1n) is 7.38. The number of nitrogens with zero attached hydrogens (tertiary/aromatic N) is 1. The fourth-order valence-electron chi connectivity index (χ4n) is 2.43. The number of aromatic nitrogens is 1. The van der Waals surface area contributed by atoms with Crippen LogP contribution in [0.15, 0.2) is 72.9 Å². The molecule has 1 heterocycles. The lowest BCUT2D eigenvalue weighted by Gasteiger charge is -2.06. The molecule has 3 rings (SSSR count). The van der Waals surface area contributed by atoms with Crippen LogP contribution >= 0.6 is 0 Å². The summed E-state index contributed by atoms with van der Waals surface area (Å²) in [6.07, 6.45) is 5.44. The number of rotatable bonds is 5. The van der Waals surface area contributed by atoms with Crippen molar-refractivity contribution in [1.29, 1.82) is 0 Å². The number of benzene rings is 2. The van der Waals surface area contributed by atoms with Crippen molar-refractivity contribution in [1.82, 2.24) is 9.88 Å². The molecular formula is C19H18N2O. The zero-order chi connectivity index (χ0) is 15.2. The highest BCUT2D eigenvalue weighted by Gasteiger charge is 2.00. The van der Waals surface area contributed by atoms with Crippen LogP contribution in [-0.4, -0.2) is 17.0 Å². The molecule has 0 bridgehead atoms. The minimum absolute atomic E-state index is 0.0692. The van der Waals surface area contributed by atoms with Gasteiger partial charge in [0.2, 0.25) is 5.91 Å². The quantitative estimate of drug-likeness (QED) is 0.717. The van der Waals surface area contributed by atoms with Gasteiger partial charge >= 0.3 is 0 Å². The lowest BCUT2D eigenvalue weighted by molar-refractivity contribution is -0.116. The van der Waals surface area contributed by atoms with E-state index in [1.165, 1.54) is 10.9 Å². The Morgan fingerprint density at radius 2 is 1.77 bits per heavy atom. The van der Waals surface area contributed by atoms with E-state index < -0.39 is 0 Å². The molecule has 3 heteroatoms. The highest BCUT2D eigenvalue weighted by molar-refractivity contribution is 5.91. The molecule has 0 spiro atoms.